The van der Waals surface area contributed by atoms with Crippen LogP contribution in [0.2, 0.25) is 10.0 Å². The molecule has 8 nitrogen and oxygen atoms in total. The average Bonchev–Trinajstić information content (AvgIpc) is 2.89. The maximum atomic E-state index is 11.2. The van der Waals surface area contributed by atoms with Crippen molar-refractivity contribution in [2.45, 2.75) is 10.1 Å². The Morgan fingerprint density at radius 3 is 2.50 bits per heavy atom. The number of nitro groups is 2. The number of aromatic nitrogens is 2. The Hall–Kier alpha value is -2.36. The number of nitrogens with zero attached hydrogens (tertiary/aromatic N) is 3. The number of aromatic amines is 1. The lowest BCUT2D eigenvalue weighted by molar-refractivity contribution is -0.396. The highest BCUT2D eigenvalue weighted by Crippen LogP contribution is 2.37. The van der Waals surface area contributed by atoms with Crippen LogP contribution in [0.4, 0.5) is 11.4 Å². The second-order valence-corrected chi connectivity index (χ2v) is 6.47. The molecule has 0 bridgehead atoms. The molecule has 0 fully saturated rings. The molecule has 2 aromatic carbocycles. The predicted octanol–water partition coefficient (Wildman–Crippen LogP) is 4.84. The first kappa shape index (κ1) is 16.5. The van der Waals surface area contributed by atoms with Crippen LogP contribution in [0.1, 0.15) is 0 Å². The Labute approximate surface area is 148 Å². The van der Waals surface area contributed by atoms with E-state index in [1.165, 1.54) is 18.2 Å². The molecular weight excluding hydrogens is 379 g/mol. The Kier molecular flexibility index (Phi) is 4.31. The van der Waals surface area contributed by atoms with Gasteiger partial charge in [-0.25, -0.2) is 4.98 Å². The fourth-order valence-electron chi connectivity index (χ4n) is 2.02. The number of hydrogen-bond donors (Lipinski definition) is 1. The molecule has 24 heavy (non-hydrogen) atoms. The minimum absolute atomic E-state index is 0.215. The molecule has 0 radical (unpaired) electrons. The monoisotopic (exact) mass is 384 g/mol. The second kappa shape index (κ2) is 6.27. The number of imidazole rings is 1. The van der Waals surface area contributed by atoms with E-state index in [0.29, 0.717) is 26.2 Å². The molecule has 0 atom stereocenters. The molecule has 11 heteroatoms. The zero-order valence-corrected chi connectivity index (χ0v) is 13.9. The molecule has 0 aliphatic rings. The molecule has 3 aromatic rings. The van der Waals surface area contributed by atoms with Gasteiger partial charge in [0.25, 0.3) is 11.4 Å². The van der Waals surface area contributed by atoms with Crippen LogP contribution >= 0.6 is 35.0 Å². The summed E-state index contributed by atoms with van der Waals surface area (Å²) >= 11 is 12.9. The fraction of sp³-hybridized carbons (Fsp3) is 0. The molecule has 0 spiro atoms. The van der Waals surface area contributed by atoms with Crippen LogP contribution in [0, 0.1) is 20.2 Å². The summed E-state index contributed by atoms with van der Waals surface area (Å²) in [5.41, 5.74) is 0.331. The number of nitro benzene ring substituents is 2. The number of H-pyrrole nitrogens is 1. The Bertz CT molecular complexity index is 992. The first-order valence-electron chi connectivity index (χ1n) is 6.30. The third kappa shape index (κ3) is 3.14. The predicted molar refractivity (Wildman–Crippen MR) is 90.0 cm³/mol. The van der Waals surface area contributed by atoms with E-state index in [1.54, 1.807) is 6.07 Å². The van der Waals surface area contributed by atoms with Crippen molar-refractivity contribution in [2.24, 2.45) is 0 Å². The molecule has 3 rings (SSSR count). The summed E-state index contributed by atoms with van der Waals surface area (Å²) in [6, 6.07) is 6.58. The normalized spacial score (nSPS) is 10.9. The fourth-order valence-corrected chi connectivity index (χ4v) is 3.44. The van der Waals surface area contributed by atoms with Crippen molar-refractivity contribution in [1.82, 2.24) is 9.97 Å². The lowest BCUT2D eigenvalue weighted by atomic mass is 10.3. The van der Waals surface area contributed by atoms with Gasteiger partial charge in [0, 0.05) is 11.1 Å². The molecular formula is C13H6Cl2N4O4S. The summed E-state index contributed by atoms with van der Waals surface area (Å²) in [6.07, 6.45) is 0. The van der Waals surface area contributed by atoms with E-state index in [1.807, 2.05) is 0 Å². The number of nitrogens with one attached hydrogen (secondary N) is 1. The van der Waals surface area contributed by atoms with Gasteiger partial charge in [-0.15, -0.1) is 0 Å². The van der Waals surface area contributed by atoms with Crippen molar-refractivity contribution < 1.29 is 9.85 Å². The zero-order chi connectivity index (χ0) is 17.4. The third-order valence-electron chi connectivity index (χ3n) is 3.04. The van der Waals surface area contributed by atoms with E-state index in [2.05, 4.69) is 9.97 Å². The molecule has 0 saturated carbocycles. The van der Waals surface area contributed by atoms with Gasteiger partial charge in [0.15, 0.2) is 5.16 Å². The zero-order valence-electron chi connectivity index (χ0n) is 11.5. The molecule has 0 aliphatic carbocycles. The van der Waals surface area contributed by atoms with Gasteiger partial charge in [0.2, 0.25) is 0 Å². The number of fused-ring (bicyclic) bond motifs is 1. The van der Waals surface area contributed by atoms with Crippen molar-refractivity contribution in [2.75, 3.05) is 0 Å². The summed E-state index contributed by atoms with van der Waals surface area (Å²) in [6.45, 7) is 0. The largest absolute Gasteiger partial charge is 0.333 e. The van der Waals surface area contributed by atoms with Gasteiger partial charge in [0.05, 0.1) is 31.3 Å². The van der Waals surface area contributed by atoms with Crippen molar-refractivity contribution in [3.63, 3.8) is 0 Å². The van der Waals surface area contributed by atoms with E-state index < -0.39 is 9.85 Å². The van der Waals surface area contributed by atoms with Crippen molar-refractivity contribution in [1.29, 1.82) is 0 Å². The van der Waals surface area contributed by atoms with E-state index in [0.717, 1.165) is 17.8 Å². The first-order chi connectivity index (χ1) is 11.3. The third-order valence-corrected chi connectivity index (χ3v) is 4.50. The quantitative estimate of drug-likeness (QED) is 0.508. The van der Waals surface area contributed by atoms with Gasteiger partial charge in [-0.3, -0.25) is 20.2 Å². The first-order valence-corrected chi connectivity index (χ1v) is 7.88. The molecule has 122 valence electrons. The lowest BCUT2D eigenvalue weighted by Crippen LogP contribution is -1.94. The number of non-ortho nitro benzene ring substituents is 1. The van der Waals surface area contributed by atoms with Crippen LogP contribution in [-0.4, -0.2) is 19.8 Å². The minimum atomic E-state index is -0.690. The molecule has 0 saturated heterocycles. The van der Waals surface area contributed by atoms with Crippen LogP contribution in [0.5, 0.6) is 0 Å². The van der Waals surface area contributed by atoms with E-state index in [-0.39, 0.29) is 16.3 Å². The maximum Gasteiger partial charge on any atom is 0.290 e. The summed E-state index contributed by atoms with van der Waals surface area (Å²) in [5.74, 6) is 0. The van der Waals surface area contributed by atoms with Crippen molar-refractivity contribution in [3.05, 3.63) is 60.6 Å². The maximum absolute atomic E-state index is 11.2. The highest BCUT2D eigenvalue weighted by Gasteiger charge is 2.21. The SMILES string of the molecule is O=[N+]([O-])c1ccc(Sc2nc3c(Cl)cc(Cl)cc3[nH]2)c([N+](=O)[O-])c1. The highest BCUT2D eigenvalue weighted by atomic mass is 35.5. The summed E-state index contributed by atoms with van der Waals surface area (Å²) in [5, 5.41) is 23.0. The lowest BCUT2D eigenvalue weighted by Gasteiger charge is -2.00. The highest BCUT2D eigenvalue weighted by molar-refractivity contribution is 7.99. The molecule has 1 N–H and O–H groups in total. The Morgan fingerprint density at radius 2 is 1.83 bits per heavy atom. The van der Waals surface area contributed by atoms with E-state index >= 15 is 0 Å². The molecule has 0 amide bonds. The minimum Gasteiger partial charge on any atom is -0.333 e. The number of rotatable bonds is 4. The molecule has 1 heterocycles. The summed E-state index contributed by atoms with van der Waals surface area (Å²) in [4.78, 5) is 28.0. The smallest absolute Gasteiger partial charge is 0.290 e. The van der Waals surface area contributed by atoms with Gasteiger partial charge in [0.1, 0.15) is 5.52 Å². The van der Waals surface area contributed by atoms with E-state index in [9.17, 15) is 20.2 Å². The van der Waals surface area contributed by atoms with Crippen LogP contribution in [0.15, 0.2) is 40.4 Å². The van der Waals surface area contributed by atoms with Gasteiger partial charge in [-0.05, 0) is 30.0 Å². The molecule has 0 unspecified atom stereocenters. The molecule has 0 aliphatic heterocycles. The van der Waals surface area contributed by atoms with Crippen LogP contribution < -0.4 is 0 Å². The Morgan fingerprint density at radius 1 is 1.08 bits per heavy atom. The summed E-state index contributed by atoms with van der Waals surface area (Å²) in [7, 11) is 0. The topological polar surface area (TPSA) is 115 Å². The second-order valence-electron chi connectivity index (χ2n) is 4.59. The standard InChI is InChI=1S/C13H6Cl2N4O4S/c14-6-3-8(15)12-9(4-6)16-13(17-12)24-11-2-1-7(18(20)21)5-10(11)19(22)23/h1-5H,(H,16,17). The molecule has 1 aromatic heterocycles. The average molecular weight is 385 g/mol. The van der Waals surface area contributed by atoms with Crippen molar-refractivity contribution >= 4 is 57.4 Å². The summed E-state index contributed by atoms with van der Waals surface area (Å²) < 4.78 is 0. The number of hydrogen-bond acceptors (Lipinski definition) is 6. The van der Waals surface area contributed by atoms with Gasteiger partial charge in [-0.2, -0.15) is 0 Å². The van der Waals surface area contributed by atoms with Gasteiger partial charge < -0.3 is 4.98 Å². The van der Waals surface area contributed by atoms with Gasteiger partial charge in [-0.1, -0.05) is 23.2 Å². The Balaban J connectivity index is 2.03. The van der Waals surface area contributed by atoms with E-state index in [4.69, 9.17) is 23.2 Å². The van der Waals surface area contributed by atoms with Crippen LogP contribution in [0.3, 0.4) is 0 Å². The van der Waals surface area contributed by atoms with Crippen LogP contribution in [0.25, 0.3) is 11.0 Å². The van der Waals surface area contributed by atoms with Crippen molar-refractivity contribution in [3.8, 4) is 0 Å². The van der Waals surface area contributed by atoms with Crippen LogP contribution in [-0.2, 0) is 0 Å². The number of halogens is 2. The number of benzene rings is 2. The van der Waals surface area contributed by atoms with Gasteiger partial charge >= 0.3 is 0 Å².